The fourth-order valence-corrected chi connectivity index (χ4v) is 5.77. The number of hydrogen-bond donors (Lipinski definition) is 0. The van der Waals surface area contributed by atoms with E-state index in [4.69, 9.17) is 4.98 Å². The van der Waals surface area contributed by atoms with Crippen LogP contribution in [-0.4, -0.2) is 14.4 Å². The molecule has 0 aliphatic rings. The second kappa shape index (κ2) is 7.74. The SMILES string of the molecule is c1ccc(-c2c3ccc(-c4cnc5ccccc5n4)cc3n3c4ccccc4c4ccccc4c23)cc1. The molecule has 5 aromatic carbocycles. The van der Waals surface area contributed by atoms with E-state index in [0.717, 1.165) is 22.3 Å². The summed E-state index contributed by atoms with van der Waals surface area (Å²) < 4.78 is 2.44. The summed E-state index contributed by atoms with van der Waals surface area (Å²) in [6.45, 7) is 0. The Bertz CT molecular complexity index is 2140. The number of nitrogens with zero attached hydrogens (tertiary/aromatic N) is 3. The van der Waals surface area contributed by atoms with E-state index in [-0.39, 0.29) is 0 Å². The van der Waals surface area contributed by atoms with Crippen molar-refractivity contribution in [2.75, 3.05) is 0 Å². The highest BCUT2D eigenvalue weighted by Gasteiger charge is 2.19. The van der Waals surface area contributed by atoms with Crippen LogP contribution in [0.15, 0.2) is 128 Å². The number of pyridine rings is 1. The fraction of sp³-hybridized carbons (Fsp3) is 0. The van der Waals surface area contributed by atoms with Crippen molar-refractivity contribution in [1.82, 2.24) is 14.4 Å². The van der Waals surface area contributed by atoms with Crippen LogP contribution in [0.3, 0.4) is 0 Å². The Morgan fingerprint density at radius 1 is 0.486 bits per heavy atom. The number of fused-ring (bicyclic) bond motifs is 9. The zero-order chi connectivity index (χ0) is 24.3. The van der Waals surface area contributed by atoms with Crippen LogP contribution >= 0.6 is 0 Å². The summed E-state index contributed by atoms with van der Waals surface area (Å²) in [4.78, 5) is 9.61. The lowest BCUT2D eigenvalue weighted by Crippen LogP contribution is -1.92. The van der Waals surface area contributed by atoms with Gasteiger partial charge in [0.05, 0.1) is 39.5 Å². The quantitative estimate of drug-likeness (QED) is 0.236. The van der Waals surface area contributed by atoms with Crippen LogP contribution in [0.25, 0.3) is 71.5 Å². The molecule has 37 heavy (non-hydrogen) atoms. The molecule has 0 saturated heterocycles. The lowest BCUT2D eigenvalue weighted by molar-refractivity contribution is 1.29. The fourth-order valence-electron chi connectivity index (χ4n) is 5.77. The van der Waals surface area contributed by atoms with Crippen molar-refractivity contribution in [3.8, 4) is 22.4 Å². The molecule has 0 amide bonds. The minimum atomic E-state index is 0.877. The molecule has 0 radical (unpaired) electrons. The minimum Gasteiger partial charge on any atom is -0.308 e. The molecular weight excluding hydrogens is 450 g/mol. The Balaban J connectivity index is 1.56. The van der Waals surface area contributed by atoms with E-state index in [1.165, 1.54) is 49.2 Å². The highest BCUT2D eigenvalue weighted by Crippen LogP contribution is 2.43. The molecule has 0 fully saturated rings. The maximum atomic E-state index is 4.94. The molecule has 0 aliphatic heterocycles. The van der Waals surface area contributed by atoms with Crippen molar-refractivity contribution in [3.05, 3.63) is 128 Å². The van der Waals surface area contributed by atoms with E-state index >= 15 is 0 Å². The topological polar surface area (TPSA) is 30.2 Å². The van der Waals surface area contributed by atoms with Crippen LogP contribution in [0.4, 0.5) is 0 Å². The summed E-state index contributed by atoms with van der Waals surface area (Å²) >= 11 is 0. The molecule has 0 aliphatic carbocycles. The van der Waals surface area contributed by atoms with Crippen molar-refractivity contribution in [1.29, 1.82) is 0 Å². The van der Waals surface area contributed by atoms with Gasteiger partial charge >= 0.3 is 0 Å². The van der Waals surface area contributed by atoms with Crippen LogP contribution in [-0.2, 0) is 0 Å². The van der Waals surface area contributed by atoms with Gasteiger partial charge in [-0.2, -0.15) is 0 Å². The first-order valence-corrected chi connectivity index (χ1v) is 12.5. The third kappa shape index (κ3) is 2.95. The van der Waals surface area contributed by atoms with Gasteiger partial charge in [0, 0.05) is 27.3 Å². The number of benzene rings is 5. The van der Waals surface area contributed by atoms with Crippen LogP contribution in [0, 0.1) is 0 Å². The lowest BCUT2D eigenvalue weighted by Gasteiger charge is -2.11. The molecule has 8 aromatic rings. The van der Waals surface area contributed by atoms with Gasteiger partial charge in [-0.25, -0.2) is 4.98 Å². The van der Waals surface area contributed by atoms with E-state index in [1.54, 1.807) is 0 Å². The maximum absolute atomic E-state index is 4.94. The van der Waals surface area contributed by atoms with Crippen molar-refractivity contribution in [2.45, 2.75) is 0 Å². The van der Waals surface area contributed by atoms with Gasteiger partial charge in [0.25, 0.3) is 0 Å². The second-order valence-electron chi connectivity index (χ2n) is 9.46. The van der Waals surface area contributed by atoms with Gasteiger partial charge in [0.15, 0.2) is 0 Å². The molecule has 0 N–H and O–H groups in total. The summed E-state index contributed by atoms with van der Waals surface area (Å²) in [5, 5.41) is 5.00. The Morgan fingerprint density at radius 3 is 2.05 bits per heavy atom. The second-order valence-corrected chi connectivity index (χ2v) is 9.46. The molecule has 0 bridgehead atoms. The molecule has 172 valence electrons. The van der Waals surface area contributed by atoms with Gasteiger partial charge in [0.2, 0.25) is 0 Å². The van der Waals surface area contributed by atoms with Crippen LogP contribution in [0.2, 0.25) is 0 Å². The molecule has 0 unspecified atom stereocenters. The van der Waals surface area contributed by atoms with Crippen LogP contribution < -0.4 is 0 Å². The summed E-state index contributed by atoms with van der Waals surface area (Å²) in [5.41, 5.74) is 9.82. The Morgan fingerprint density at radius 2 is 1.19 bits per heavy atom. The van der Waals surface area contributed by atoms with Crippen LogP contribution in [0.1, 0.15) is 0 Å². The van der Waals surface area contributed by atoms with E-state index in [0.29, 0.717) is 0 Å². The van der Waals surface area contributed by atoms with E-state index in [9.17, 15) is 0 Å². The van der Waals surface area contributed by atoms with Gasteiger partial charge in [0.1, 0.15) is 0 Å². The average Bonchev–Trinajstić information content (AvgIpc) is 3.32. The van der Waals surface area contributed by atoms with Crippen LogP contribution in [0.5, 0.6) is 0 Å². The van der Waals surface area contributed by atoms with E-state index in [1.807, 2.05) is 30.5 Å². The molecule has 3 aromatic heterocycles. The number of aromatic nitrogens is 3. The predicted molar refractivity (Wildman–Crippen MR) is 154 cm³/mol. The molecule has 3 heteroatoms. The maximum Gasteiger partial charge on any atom is 0.0894 e. The molecule has 3 nitrogen and oxygen atoms in total. The Hall–Kier alpha value is -5.02. The number of rotatable bonds is 2. The van der Waals surface area contributed by atoms with Crippen molar-refractivity contribution < 1.29 is 0 Å². The van der Waals surface area contributed by atoms with E-state index in [2.05, 4.69) is 106 Å². The highest BCUT2D eigenvalue weighted by atomic mass is 14.9. The van der Waals surface area contributed by atoms with Gasteiger partial charge in [-0.3, -0.25) is 4.98 Å². The van der Waals surface area contributed by atoms with Crippen molar-refractivity contribution >= 4 is 49.1 Å². The van der Waals surface area contributed by atoms with Gasteiger partial charge < -0.3 is 4.40 Å². The Kier molecular flexibility index (Phi) is 4.23. The molecule has 3 heterocycles. The summed E-state index contributed by atoms with van der Waals surface area (Å²) in [6, 6.07) is 42.9. The molecule has 0 atom stereocenters. The number of hydrogen-bond acceptors (Lipinski definition) is 2. The standard InChI is InChI=1S/C34H21N3/c1-2-10-22(11-3-1)33-27-19-18-23(30-21-35-28-15-7-8-16-29(28)36-30)20-32(27)37-31-17-9-6-13-25(31)24-12-4-5-14-26(24)34(33)37/h1-21H. The third-order valence-electron chi connectivity index (χ3n) is 7.39. The average molecular weight is 472 g/mol. The first-order chi connectivity index (χ1) is 18.4. The first-order valence-electron chi connectivity index (χ1n) is 12.5. The van der Waals surface area contributed by atoms with Gasteiger partial charge in [-0.15, -0.1) is 0 Å². The molecule has 0 spiro atoms. The van der Waals surface area contributed by atoms with Crippen molar-refractivity contribution in [3.63, 3.8) is 0 Å². The Labute approximate surface area is 213 Å². The zero-order valence-corrected chi connectivity index (χ0v) is 20.0. The summed E-state index contributed by atoms with van der Waals surface area (Å²) in [7, 11) is 0. The largest absolute Gasteiger partial charge is 0.308 e. The monoisotopic (exact) mass is 471 g/mol. The lowest BCUT2D eigenvalue weighted by atomic mass is 9.98. The number of para-hydroxylation sites is 3. The molecule has 8 rings (SSSR count). The minimum absolute atomic E-state index is 0.877. The van der Waals surface area contributed by atoms with Crippen molar-refractivity contribution in [2.24, 2.45) is 0 Å². The normalized spacial score (nSPS) is 11.8. The molecule has 0 saturated carbocycles. The predicted octanol–water partition coefficient (Wildman–Crippen LogP) is 8.68. The highest BCUT2D eigenvalue weighted by molar-refractivity contribution is 6.22. The van der Waals surface area contributed by atoms with E-state index < -0.39 is 0 Å². The van der Waals surface area contributed by atoms with Gasteiger partial charge in [-0.1, -0.05) is 97.1 Å². The third-order valence-corrected chi connectivity index (χ3v) is 7.39. The summed E-state index contributed by atoms with van der Waals surface area (Å²) in [6.07, 6.45) is 1.88. The smallest absolute Gasteiger partial charge is 0.0894 e. The zero-order valence-electron chi connectivity index (χ0n) is 20.0. The van der Waals surface area contributed by atoms with Gasteiger partial charge in [-0.05, 0) is 35.2 Å². The molecular formula is C34H21N3. The summed E-state index contributed by atoms with van der Waals surface area (Å²) in [5.74, 6) is 0. The first kappa shape index (κ1) is 20.2.